The number of nitrogens with zero attached hydrogens (tertiary/aromatic N) is 4. The molecule has 0 radical (unpaired) electrons. The van der Waals surface area contributed by atoms with Crippen molar-refractivity contribution in [3.05, 3.63) is 58.1 Å². The third kappa shape index (κ3) is 4.14. The van der Waals surface area contributed by atoms with Crippen molar-refractivity contribution in [2.24, 2.45) is 0 Å². The smallest absolute Gasteiger partial charge is 0.276 e. The molecule has 3 rings (SSSR count). The van der Waals surface area contributed by atoms with Crippen LogP contribution in [0.2, 0.25) is 5.02 Å². The molecule has 0 saturated heterocycles. The number of nitrogens with one attached hydrogen (secondary N) is 1. The summed E-state index contributed by atoms with van der Waals surface area (Å²) in [5.41, 5.74) is 3.80. The van der Waals surface area contributed by atoms with Crippen molar-refractivity contribution in [1.29, 1.82) is 0 Å². The summed E-state index contributed by atoms with van der Waals surface area (Å²) in [4.78, 5) is 12.4. The lowest BCUT2D eigenvalue weighted by molar-refractivity contribution is 0.102. The van der Waals surface area contributed by atoms with E-state index < -0.39 is 0 Å². The van der Waals surface area contributed by atoms with Crippen molar-refractivity contribution >= 4 is 23.2 Å². The first-order valence-electron chi connectivity index (χ1n) is 8.65. The Hall–Kier alpha value is -2.80. The average molecular weight is 388 g/mol. The van der Waals surface area contributed by atoms with E-state index in [4.69, 9.17) is 16.3 Å². The molecule has 142 valence electrons. The van der Waals surface area contributed by atoms with Gasteiger partial charge < -0.3 is 10.1 Å². The van der Waals surface area contributed by atoms with E-state index in [1.54, 1.807) is 23.1 Å². The lowest BCUT2D eigenvalue weighted by Crippen LogP contribution is -2.15. The van der Waals surface area contributed by atoms with E-state index >= 15 is 0 Å². The molecule has 8 heteroatoms. The summed E-state index contributed by atoms with van der Waals surface area (Å²) in [6.45, 7) is 8.71. The second-order valence-corrected chi connectivity index (χ2v) is 6.68. The second kappa shape index (κ2) is 7.84. The highest BCUT2D eigenvalue weighted by Crippen LogP contribution is 2.26. The third-order valence-corrected chi connectivity index (χ3v) is 4.89. The predicted octanol–water partition coefficient (Wildman–Crippen LogP) is 3.97. The molecule has 3 aromatic rings. The minimum atomic E-state index is -0.286. The zero-order chi connectivity index (χ0) is 19.6. The minimum absolute atomic E-state index is 0.195. The normalized spacial score (nSPS) is 10.9. The number of anilines is 1. The number of rotatable bonds is 6. The van der Waals surface area contributed by atoms with Gasteiger partial charge in [-0.05, 0) is 57.0 Å². The first kappa shape index (κ1) is 19.0. The number of hydrogen-bond acceptors (Lipinski definition) is 4. The molecule has 7 nitrogen and oxygen atoms in total. The number of carbonyl (C=O) groups excluding carboxylic acids is 1. The van der Waals surface area contributed by atoms with Crippen LogP contribution in [0.1, 0.15) is 34.2 Å². The fourth-order valence-electron chi connectivity index (χ4n) is 2.76. The standard InChI is InChI=1S/C19H22ClN5O2/c1-5-25-14(4)17(10-21-25)22-19(26)16-6-7-24(23-16)11-27-15-8-12(2)18(20)13(3)9-15/h6-10H,5,11H2,1-4H3,(H,22,26). The molecule has 1 N–H and O–H groups in total. The number of ether oxygens (including phenoxy) is 1. The van der Waals surface area contributed by atoms with Gasteiger partial charge in [0.1, 0.15) is 5.75 Å². The first-order chi connectivity index (χ1) is 12.9. The van der Waals surface area contributed by atoms with Crippen LogP contribution in [0.5, 0.6) is 5.75 Å². The lowest BCUT2D eigenvalue weighted by Gasteiger charge is -2.10. The van der Waals surface area contributed by atoms with Crippen molar-refractivity contribution in [1.82, 2.24) is 19.6 Å². The average Bonchev–Trinajstić information content (AvgIpc) is 3.25. The molecule has 0 bridgehead atoms. The van der Waals surface area contributed by atoms with Crippen molar-refractivity contribution < 1.29 is 9.53 Å². The van der Waals surface area contributed by atoms with Crippen LogP contribution in [0.15, 0.2) is 30.6 Å². The van der Waals surface area contributed by atoms with Crippen LogP contribution in [0.4, 0.5) is 5.69 Å². The molecule has 2 heterocycles. The van der Waals surface area contributed by atoms with Gasteiger partial charge in [0.15, 0.2) is 12.4 Å². The Morgan fingerprint density at radius 1 is 1.26 bits per heavy atom. The first-order valence-corrected chi connectivity index (χ1v) is 9.03. The zero-order valence-electron chi connectivity index (χ0n) is 15.8. The van der Waals surface area contributed by atoms with Crippen LogP contribution in [-0.4, -0.2) is 25.5 Å². The van der Waals surface area contributed by atoms with E-state index in [0.717, 1.165) is 28.4 Å². The van der Waals surface area contributed by atoms with Crippen molar-refractivity contribution in [3.63, 3.8) is 0 Å². The van der Waals surface area contributed by atoms with Crippen LogP contribution < -0.4 is 10.1 Å². The number of halogens is 1. The van der Waals surface area contributed by atoms with Crippen molar-refractivity contribution in [3.8, 4) is 5.75 Å². The van der Waals surface area contributed by atoms with Gasteiger partial charge in [-0.1, -0.05) is 11.6 Å². The van der Waals surface area contributed by atoms with E-state index in [9.17, 15) is 4.79 Å². The monoisotopic (exact) mass is 387 g/mol. The summed E-state index contributed by atoms with van der Waals surface area (Å²) in [7, 11) is 0. The highest BCUT2D eigenvalue weighted by Gasteiger charge is 2.13. The molecule has 2 aromatic heterocycles. The van der Waals surface area contributed by atoms with E-state index in [0.29, 0.717) is 17.1 Å². The number of hydrogen-bond donors (Lipinski definition) is 1. The Labute approximate surface area is 162 Å². The van der Waals surface area contributed by atoms with Gasteiger partial charge >= 0.3 is 0 Å². The molecule has 0 spiro atoms. The Balaban J connectivity index is 1.64. The van der Waals surface area contributed by atoms with E-state index in [2.05, 4.69) is 15.5 Å². The van der Waals surface area contributed by atoms with Gasteiger partial charge in [-0.25, -0.2) is 4.68 Å². The van der Waals surface area contributed by atoms with Gasteiger partial charge in [0.05, 0.1) is 17.6 Å². The molecule has 0 atom stereocenters. The fraction of sp³-hybridized carbons (Fsp3) is 0.316. The fourth-order valence-corrected chi connectivity index (χ4v) is 2.87. The molecule has 27 heavy (non-hydrogen) atoms. The van der Waals surface area contributed by atoms with Crippen LogP contribution >= 0.6 is 11.6 Å². The molecule has 1 aromatic carbocycles. The Kier molecular flexibility index (Phi) is 5.51. The maximum atomic E-state index is 12.4. The Bertz CT molecular complexity index is 953. The number of amides is 1. The van der Waals surface area contributed by atoms with Gasteiger partial charge in [0.25, 0.3) is 5.91 Å². The molecular weight excluding hydrogens is 366 g/mol. The molecule has 0 aliphatic carbocycles. The van der Waals surface area contributed by atoms with Crippen molar-refractivity contribution in [2.75, 3.05) is 5.32 Å². The van der Waals surface area contributed by atoms with Crippen LogP contribution in [0.25, 0.3) is 0 Å². The minimum Gasteiger partial charge on any atom is -0.471 e. The predicted molar refractivity (Wildman–Crippen MR) is 104 cm³/mol. The topological polar surface area (TPSA) is 74.0 Å². The third-order valence-electron chi connectivity index (χ3n) is 4.30. The molecular formula is C19H22ClN5O2. The van der Waals surface area contributed by atoms with Crippen molar-refractivity contribution in [2.45, 2.75) is 41.0 Å². The maximum absolute atomic E-state index is 12.4. The van der Waals surface area contributed by atoms with Gasteiger partial charge in [-0.2, -0.15) is 10.2 Å². The van der Waals surface area contributed by atoms with E-state index in [1.807, 2.05) is 44.5 Å². The van der Waals surface area contributed by atoms with Crippen LogP contribution in [0, 0.1) is 20.8 Å². The van der Waals surface area contributed by atoms with Gasteiger partial charge in [-0.3, -0.25) is 9.48 Å². The van der Waals surface area contributed by atoms with Gasteiger partial charge in [0, 0.05) is 17.8 Å². The van der Waals surface area contributed by atoms with E-state index in [1.165, 1.54) is 0 Å². The number of benzene rings is 1. The Morgan fingerprint density at radius 2 is 1.96 bits per heavy atom. The largest absolute Gasteiger partial charge is 0.471 e. The second-order valence-electron chi connectivity index (χ2n) is 6.30. The van der Waals surface area contributed by atoms with Gasteiger partial charge in [0.2, 0.25) is 0 Å². The number of aryl methyl sites for hydroxylation is 3. The number of aromatic nitrogens is 4. The van der Waals surface area contributed by atoms with Crippen LogP contribution in [-0.2, 0) is 13.3 Å². The highest BCUT2D eigenvalue weighted by molar-refractivity contribution is 6.32. The molecule has 1 amide bonds. The summed E-state index contributed by atoms with van der Waals surface area (Å²) in [5, 5.41) is 12.1. The molecule has 0 fully saturated rings. The summed E-state index contributed by atoms with van der Waals surface area (Å²) < 4.78 is 9.14. The highest BCUT2D eigenvalue weighted by atomic mass is 35.5. The SMILES string of the molecule is CCn1ncc(NC(=O)c2ccn(COc3cc(C)c(Cl)c(C)c3)n2)c1C. The molecule has 0 aliphatic rings. The van der Waals surface area contributed by atoms with Gasteiger partial charge in [-0.15, -0.1) is 0 Å². The lowest BCUT2D eigenvalue weighted by atomic mass is 10.1. The molecule has 0 aliphatic heterocycles. The van der Waals surface area contributed by atoms with Crippen LogP contribution in [0.3, 0.4) is 0 Å². The Morgan fingerprint density at radius 3 is 2.59 bits per heavy atom. The summed E-state index contributed by atoms with van der Waals surface area (Å²) in [5.74, 6) is 0.421. The molecule has 0 unspecified atom stereocenters. The summed E-state index contributed by atoms with van der Waals surface area (Å²) >= 11 is 6.17. The summed E-state index contributed by atoms with van der Waals surface area (Å²) in [6.07, 6.45) is 3.34. The maximum Gasteiger partial charge on any atom is 0.276 e. The summed E-state index contributed by atoms with van der Waals surface area (Å²) in [6, 6.07) is 5.40. The number of carbonyl (C=O) groups is 1. The zero-order valence-corrected chi connectivity index (χ0v) is 16.5. The van der Waals surface area contributed by atoms with E-state index in [-0.39, 0.29) is 12.6 Å². The molecule has 0 saturated carbocycles. The quantitative estimate of drug-likeness (QED) is 0.694.